The van der Waals surface area contributed by atoms with E-state index in [4.69, 9.17) is 16.3 Å². The van der Waals surface area contributed by atoms with Crippen LogP contribution in [0.1, 0.15) is 23.6 Å². The van der Waals surface area contributed by atoms with Gasteiger partial charge in [0.2, 0.25) is 0 Å². The van der Waals surface area contributed by atoms with Crippen molar-refractivity contribution < 1.29 is 23.8 Å². The van der Waals surface area contributed by atoms with Crippen LogP contribution in [0.3, 0.4) is 0 Å². The normalized spacial score (nSPS) is 17.5. The number of imidazole rings is 1. The summed E-state index contributed by atoms with van der Waals surface area (Å²) in [6, 6.07) is 9.25. The Bertz CT molecular complexity index is 1230. The Balaban J connectivity index is 1.75. The molecule has 1 N–H and O–H groups in total. The third kappa shape index (κ3) is 4.47. The molecular formula is C24H21ClFN3O4. The summed E-state index contributed by atoms with van der Waals surface area (Å²) < 4.78 is 21.0. The summed E-state index contributed by atoms with van der Waals surface area (Å²) in [4.78, 5) is 31.3. The number of halogens is 2. The Kier molecular flexibility index (Phi) is 6.46. The molecule has 1 aromatic heterocycles. The van der Waals surface area contributed by atoms with E-state index in [-0.39, 0.29) is 28.5 Å². The molecule has 1 atom stereocenters. The van der Waals surface area contributed by atoms with Crippen LogP contribution in [-0.2, 0) is 16.1 Å². The number of carbonyl (C=O) groups excluding carboxylic acids is 2. The largest absolute Gasteiger partial charge is 0.507 e. The van der Waals surface area contributed by atoms with Crippen LogP contribution in [0.15, 0.2) is 66.8 Å². The fourth-order valence-corrected chi connectivity index (χ4v) is 4.20. The highest BCUT2D eigenvalue weighted by Crippen LogP contribution is 2.40. The molecule has 0 radical (unpaired) electrons. The minimum Gasteiger partial charge on any atom is -0.507 e. The maximum absolute atomic E-state index is 14.1. The molecule has 1 fully saturated rings. The highest BCUT2D eigenvalue weighted by Gasteiger charge is 2.45. The third-order valence-corrected chi connectivity index (χ3v) is 5.80. The molecule has 0 aliphatic carbocycles. The molecule has 1 aliphatic rings. The van der Waals surface area contributed by atoms with Crippen molar-refractivity contribution in [3.8, 4) is 5.75 Å². The van der Waals surface area contributed by atoms with E-state index in [1.165, 1.54) is 42.3 Å². The van der Waals surface area contributed by atoms with Crippen LogP contribution < -0.4 is 4.74 Å². The number of hydrogen-bond donors (Lipinski definition) is 1. The van der Waals surface area contributed by atoms with Gasteiger partial charge >= 0.3 is 0 Å². The van der Waals surface area contributed by atoms with Gasteiger partial charge in [-0.25, -0.2) is 9.37 Å². The number of nitrogens with zero attached hydrogens (tertiary/aromatic N) is 3. The Morgan fingerprint density at radius 1 is 1.21 bits per heavy atom. The van der Waals surface area contributed by atoms with Crippen molar-refractivity contribution in [3.63, 3.8) is 0 Å². The van der Waals surface area contributed by atoms with E-state index in [1.807, 2.05) is 4.57 Å². The molecule has 0 spiro atoms. The van der Waals surface area contributed by atoms with Crippen molar-refractivity contribution in [1.82, 2.24) is 14.5 Å². The maximum atomic E-state index is 14.1. The number of benzene rings is 2. The minimum atomic E-state index is -0.940. The highest BCUT2D eigenvalue weighted by molar-refractivity contribution is 6.46. The number of aliphatic hydroxyl groups is 1. The second kappa shape index (κ2) is 9.46. The smallest absolute Gasteiger partial charge is 0.295 e. The predicted octanol–water partition coefficient (Wildman–Crippen LogP) is 4.20. The number of aryl methyl sites for hydroxylation is 1. The van der Waals surface area contributed by atoms with Crippen LogP contribution in [0.2, 0.25) is 5.02 Å². The van der Waals surface area contributed by atoms with Crippen LogP contribution in [0.4, 0.5) is 4.39 Å². The molecule has 9 heteroatoms. The van der Waals surface area contributed by atoms with Gasteiger partial charge in [0.15, 0.2) is 0 Å². The summed E-state index contributed by atoms with van der Waals surface area (Å²) in [5, 5.41) is 11.3. The first kappa shape index (κ1) is 22.5. The summed E-state index contributed by atoms with van der Waals surface area (Å²) in [6.07, 6.45) is 5.64. The maximum Gasteiger partial charge on any atom is 0.295 e. The van der Waals surface area contributed by atoms with Crippen LogP contribution >= 0.6 is 11.6 Å². The van der Waals surface area contributed by atoms with E-state index in [2.05, 4.69) is 4.98 Å². The van der Waals surface area contributed by atoms with Crippen molar-refractivity contribution in [2.75, 3.05) is 13.7 Å². The average molecular weight is 470 g/mol. The second-order valence-corrected chi connectivity index (χ2v) is 7.96. The summed E-state index contributed by atoms with van der Waals surface area (Å²) in [6.45, 7) is 0.803. The monoisotopic (exact) mass is 469 g/mol. The summed E-state index contributed by atoms with van der Waals surface area (Å²) in [5.41, 5.74) is 0.520. The molecular weight excluding hydrogens is 449 g/mol. The highest BCUT2D eigenvalue weighted by atomic mass is 35.5. The summed E-state index contributed by atoms with van der Waals surface area (Å²) >= 11 is 6.19. The Morgan fingerprint density at radius 3 is 2.70 bits per heavy atom. The number of likely N-dealkylation sites (tertiary alicyclic amines) is 1. The number of aromatic nitrogens is 2. The number of aliphatic hydroxyl groups excluding tert-OH is 1. The van der Waals surface area contributed by atoms with E-state index in [0.717, 1.165) is 0 Å². The first-order valence-electron chi connectivity index (χ1n) is 10.2. The lowest BCUT2D eigenvalue weighted by atomic mass is 9.95. The topological polar surface area (TPSA) is 84.7 Å². The van der Waals surface area contributed by atoms with Gasteiger partial charge in [0.1, 0.15) is 17.3 Å². The van der Waals surface area contributed by atoms with Crippen LogP contribution in [0.25, 0.3) is 5.76 Å². The number of Topliss-reactive ketones (excluding diaryl/α,β-unsaturated/α-hetero) is 1. The van der Waals surface area contributed by atoms with Crippen LogP contribution in [-0.4, -0.2) is 44.9 Å². The minimum absolute atomic E-state index is 0.116. The van der Waals surface area contributed by atoms with Crippen LogP contribution in [0, 0.1) is 5.82 Å². The molecule has 1 amide bonds. The molecule has 2 heterocycles. The molecule has 33 heavy (non-hydrogen) atoms. The first-order chi connectivity index (χ1) is 15.9. The summed E-state index contributed by atoms with van der Waals surface area (Å²) in [7, 11) is 1.46. The number of ether oxygens (including phenoxy) is 1. The molecule has 1 unspecified atom stereocenters. The van der Waals surface area contributed by atoms with E-state index in [9.17, 15) is 19.1 Å². The Labute approximate surface area is 194 Å². The number of carbonyl (C=O) groups is 2. The zero-order valence-corrected chi connectivity index (χ0v) is 18.5. The lowest BCUT2D eigenvalue weighted by Crippen LogP contribution is -2.31. The molecule has 0 bridgehead atoms. The van der Waals surface area contributed by atoms with E-state index in [1.54, 1.807) is 30.9 Å². The van der Waals surface area contributed by atoms with Gasteiger partial charge in [-0.05, 0) is 42.3 Å². The number of hydrogen-bond acceptors (Lipinski definition) is 5. The van der Waals surface area contributed by atoms with Crippen LogP contribution in [0.5, 0.6) is 5.75 Å². The van der Waals surface area contributed by atoms with Crippen molar-refractivity contribution in [2.24, 2.45) is 0 Å². The van der Waals surface area contributed by atoms with Crippen molar-refractivity contribution in [3.05, 3.63) is 88.7 Å². The molecule has 0 saturated carbocycles. The number of rotatable bonds is 7. The molecule has 3 aromatic rings. The lowest BCUT2D eigenvalue weighted by molar-refractivity contribution is -0.139. The SMILES string of the molecule is COc1ccc(/C(O)=C2\C(=O)C(=O)N(CCCn3ccnc3)C2c2cccc(F)c2)cc1Cl. The van der Waals surface area contributed by atoms with Gasteiger partial charge in [0, 0.05) is 31.0 Å². The van der Waals surface area contributed by atoms with Gasteiger partial charge in [-0.1, -0.05) is 23.7 Å². The first-order valence-corrected chi connectivity index (χ1v) is 10.6. The number of ketones is 1. The number of methoxy groups -OCH3 is 1. The fraction of sp³-hybridized carbons (Fsp3) is 0.208. The predicted molar refractivity (Wildman–Crippen MR) is 120 cm³/mol. The van der Waals surface area contributed by atoms with Gasteiger partial charge in [0.05, 0.1) is 30.1 Å². The molecule has 2 aromatic carbocycles. The van der Waals surface area contributed by atoms with E-state index >= 15 is 0 Å². The quantitative estimate of drug-likeness (QED) is 0.318. The molecule has 4 rings (SSSR count). The second-order valence-electron chi connectivity index (χ2n) is 7.55. The van der Waals surface area contributed by atoms with Gasteiger partial charge in [-0.3, -0.25) is 9.59 Å². The average Bonchev–Trinajstić information content (AvgIpc) is 3.41. The zero-order valence-electron chi connectivity index (χ0n) is 17.7. The Hall–Kier alpha value is -3.65. The van der Waals surface area contributed by atoms with E-state index < -0.39 is 23.5 Å². The Morgan fingerprint density at radius 2 is 2.03 bits per heavy atom. The fourth-order valence-electron chi connectivity index (χ4n) is 3.95. The third-order valence-electron chi connectivity index (χ3n) is 5.50. The van der Waals surface area contributed by atoms with Crippen molar-refractivity contribution in [1.29, 1.82) is 0 Å². The van der Waals surface area contributed by atoms with Crippen molar-refractivity contribution >= 4 is 29.1 Å². The zero-order chi connectivity index (χ0) is 23.5. The number of amides is 1. The molecule has 7 nitrogen and oxygen atoms in total. The van der Waals surface area contributed by atoms with Gasteiger partial charge in [-0.15, -0.1) is 0 Å². The van der Waals surface area contributed by atoms with Gasteiger partial charge in [0.25, 0.3) is 11.7 Å². The van der Waals surface area contributed by atoms with Gasteiger partial charge < -0.3 is 19.3 Å². The van der Waals surface area contributed by atoms with Crippen molar-refractivity contribution in [2.45, 2.75) is 19.0 Å². The lowest BCUT2D eigenvalue weighted by Gasteiger charge is -2.25. The van der Waals surface area contributed by atoms with E-state index in [0.29, 0.717) is 24.3 Å². The molecule has 1 aliphatic heterocycles. The molecule has 170 valence electrons. The van der Waals surface area contributed by atoms with Gasteiger partial charge in [-0.2, -0.15) is 0 Å². The molecule has 1 saturated heterocycles. The summed E-state index contributed by atoms with van der Waals surface area (Å²) in [5.74, 6) is -2.09. The standard InChI is InChI=1S/C24H21ClFN3O4/c1-33-19-7-6-16(13-18(19)25)22(30)20-21(15-4-2-5-17(26)12-15)29(24(32)23(20)31)10-3-9-28-11-8-27-14-28/h2,4-8,11-14,21,30H,3,9-10H2,1H3/b22-20+.